The van der Waals surface area contributed by atoms with Crippen molar-refractivity contribution in [3.05, 3.63) is 45.6 Å². The minimum absolute atomic E-state index is 0.594. The van der Waals surface area contributed by atoms with Gasteiger partial charge in [0, 0.05) is 11.4 Å². The van der Waals surface area contributed by atoms with Crippen LogP contribution in [-0.2, 0) is 6.42 Å². The van der Waals surface area contributed by atoms with Gasteiger partial charge in [-0.25, -0.2) is 4.98 Å². The van der Waals surface area contributed by atoms with E-state index in [1.807, 2.05) is 30.3 Å². The molecule has 1 aromatic carbocycles. The first-order chi connectivity index (χ1) is 10.2. The predicted molar refractivity (Wildman–Crippen MR) is 96.9 cm³/mol. The number of benzene rings is 1. The fourth-order valence-electron chi connectivity index (χ4n) is 1.85. The number of halogens is 1. The van der Waals surface area contributed by atoms with Crippen LogP contribution in [0, 0.1) is 0 Å². The lowest BCUT2D eigenvalue weighted by molar-refractivity contribution is 0.885. The van der Waals surface area contributed by atoms with E-state index in [4.69, 9.17) is 23.8 Å². The van der Waals surface area contributed by atoms with Crippen molar-refractivity contribution in [3.8, 4) is 0 Å². The quantitative estimate of drug-likeness (QED) is 0.675. The standard InChI is InChI=1S/C14H12ClN3S3/c15-12-6-5-9(20-12)7-8-16-13(19)18-14-17-10-3-1-2-4-11(10)21-14/h1-6H,7-8H2,(H2,16,17,18,19). The number of nitrogens with zero attached hydrogens (tertiary/aromatic N) is 1. The summed E-state index contributed by atoms with van der Waals surface area (Å²) in [5.41, 5.74) is 0.987. The molecule has 0 aliphatic heterocycles. The lowest BCUT2D eigenvalue weighted by Gasteiger charge is -2.07. The normalized spacial score (nSPS) is 10.7. The third-order valence-electron chi connectivity index (χ3n) is 2.80. The number of rotatable bonds is 4. The first-order valence-corrected chi connectivity index (χ1v) is 8.77. The van der Waals surface area contributed by atoms with Crippen LogP contribution in [0.25, 0.3) is 10.2 Å². The van der Waals surface area contributed by atoms with Gasteiger partial charge in [0.05, 0.1) is 14.6 Å². The highest BCUT2D eigenvalue weighted by atomic mass is 35.5. The molecule has 3 aromatic rings. The average Bonchev–Trinajstić information content (AvgIpc) is 3.04. The number of nitrogens with one attached hydrogen (secondary N) is 2. The van der Waals surface area contributed by atoms with Crippen LogP contribution in [0.1, 0.15) is 4.88 Å². The zero-order valence-electron chi connectivity index (χ0n) is 10.9. The number of aromatic nitrogens is 1. The summed E-state index contributed by atoms with van der Waals surface area (Å²) in [6, 6.07) is 12.0. The number of thiazole rings is 1. The van der Waals surface area contributed by atoms with Crippen molar-refractivity contribution in [2.24, 2.45) is 0 Å². The fraction of sp³-hybridized carbons (Fsp3) is 0.143. The van der Waals surface area contributed by atoms with Gasteiger partial charge in [0.1, 0.15) is 0 Å². The van der Waals surface area contributed by atoms with E-state index >= 15 is 0 Å². The minimum Gasteiger partial charge on any atom is -0.362 e. The molecule has 0 aliphatic rings. The summed E-state index contributed by atoms with van der Waals surface area (Å²) in [7, 11) is 0. The number of anilines is 1. The predicted octanol–water partition coefficient (Wildman–Crippen LogP) is 4.54. The van der Waals surface area contributed by atoms with Crippen molar-refractivity contribution in [1.29, 1.82) is 0 Å². The van der Waals surface area contributed by atoms with Crippen LogP contribution in [0.2, 0.25) is 4.34 Å². The molecule has 21 heavy (non-hydrogen) atoms. The second kappa shape index (κ2) is 6.70. The highest BCUT2D eigenvalue weighted by Crippen LogP contribution is 2.25. The summed E-state index contributed by atoms with van der Waals surface area (Å²) in [6.45, 7) is 0.771. The summed E-state index contributed by atoms with van der Waals surface area (Å²) in [4.78, 5) is 5.73. The number of thiocarbonyl (C=S) groups is 1. The maximum atomic E-state index is 5.90. The molecule has 0 fully saturated rings. The molecule has 3 rings (SSSR count). The van der Waals surface area contributed by atoms with Crippen LogP contribution < -0.4 is 10.6 Å². The number of thiophene rings is 1. The molecular weight excluding hydrogens is 342 g/mol. The molecule has 0 saturated heterocycles. The van der Waals surface area contributed by atoms with E-state index in [9.17, 15) is 0 Å². The van der Waals surface area contributed by atoms with Crippen molar-refractivity contribution < 1.29 is 0 Å². The van der Waals surface area contributed by atoms with Gasteiger partial charge in [0.2, 0.25) is 0 Å². The molecule has 0 unspecified atom stereocenters. The fourth-order valence-corrected chi connectivity index (χ4v) is 4.07. The minimum atomic E-state index is 0.594. The highest BCUT2D eigenvalue weighted by molar-refractivity contribution is 7.80. The van der Waals surface area contributed by atoms with E-state index in [0.717, 1.165) is 32.7 Å². The summed E-state index contributed by atoms with van der Waals surface area (Å²) < 4.78 is 1.97. The smallest absolute Gasteiger partial charge is 0.190 e. The second-order valence-electron chi connectivity index (χ2n) is 4.32. The Labute approximate surface area is 141 Å². The zero-order valence-corrected chi connectivity index (χ0v) is 14.1. The Morgan fingerprint density at radius 1 is 1.19 bits per heavy atom. The Hall–Kier alpha value is -1.21. The number of fused-ring (bicyclic) bond motifs is 1. The third-order valence-corrected chi connectivity index (χ3v) is 5.29. The summed E-state index contributed by atoms with van der Waals surface area (Å²) in [5.74, 6) is 0. The van der Waals surface area contributed by atoms with Crippen molar-refractivity contribution in [2.45, 2.75) is 6.42 Å². The average molecular weight is 354 g/mol. The van der Waals surface area contributed by atoms with E-state index in [-0.39, 0.29) is 0 Å². The lowest BCUT2D eigenvalue weighted by Crippen LogP contribution is -2.29. The van der Waals surface area contributed by atoms with Crippen molar-refractivity contribution >= 4 is 67.0 Å². The monoisotopic (exact) mass is 353 g/mol. The van der Waals surface area contributed by atoms with Crippen LogP contribution in [0.3, 0.4) is 0 Å². The summed E-state index contributed by atoms with van der Waals surface area (Å²) in [6.07, 6.45) is 0.902. The van der Waals surface area contributed by atoms with E-state index in [2.05, 4.69) is 21.7 Å². The number of hydrogen-bond acceptors (Lipinski definition) is 4. The molecule has 2 aromatic heterocycles. The lowest BCUT2D eigenvalue weighted by atomic mass is 10.3. The Bertz CT molecular complexity index is 733. The molecule has 0 amide bonds. The van der Waals surface area contributed by atoms with Gasteiger partial charge in [-0.1, -0.05) is 35.1 Å². The van der Waals surface area contributed by atoms with Gasteiger partial charge in [-0.2, -0.15) is 0 Å². The van der Waals surface area contributed by atoms with Crippen LogP contribution in [0.5, 0.6) is 0 Å². The highest BCUT2D eigenvalue weighted by Gasteiger charge is 2.05. The van der Waals surface area contributed by atoms with Gasteiger partial charge in [0.15, 0.2) is 10.2 Å². The molecule has 108 valence electrons. The maximum absolute atomic E-state index is 5.90. The summed E-state index contributed by atoms with van der Waals surface area (Å²) in [5, 5.41) is 7.72. The Morgan fingerprint density at radius 2 is 2.05 bits per heavy atom. The first-order valence-electron chi connectivity index (χ1n) is 6.35. The topological polar surface area (TPSA) is 37.0 Å². The van der Waals surface area contributed by atoms with Crippen LogP contribution in [0.15, 0.2) is 36.4 Å². The van der Waals surface area contributed by atoms with Crippen LogP contribution >= 0.6 is 46.5 Å². The number of hydrogen-bond donors (Lipinski definition) is 2. The molecule has 2 N–H and O–H groups in total. The van der Waals surface area contributed by atoms with Crippen molar-refractivity contribution in [3.63, 3.8) is 0 Å². The molecule has 2 heterocycles. The Balaban J connectivity index is 1.51. The molecule has 0 saturated carbocycles. The van der Waals surface area contributed by atoms with E-state index in [1.165, 1.54) is 4.88 Å². The zero-order chi connectivity index (χ0) is 14.7. The van der Waals surface area contributed by atoms with Gasteiger partial charge in [0.25, 0.3) is 0 Å². The molecule has 0 radical (unpaired) electrons. The largest absolute Gasteiger partial charge is 0.362 e. The first kappa shape index (κ1) is 14.7. The Morgan fingerprint density at radius 3 is 2.81 bits per heavy atom. The maximum Gasteiger partial charge on any atom is 0.190 e. The van der Waals surface area contributed by atoms with E-state index < -0.39 is 0 Å². The van der Waals surface area contributed by atoms with E-state index in [0.29, 0.717) is 5.11 Å². The molecule has 0 atom stereocenters. The van der Waals surface area contributed by atoms with Gasteiger partial charge < -0.3 is 10.6 Å². The molecule has 7 heteroatoms. The molecule has 0 bridgehead atoms. The third kappa shape index (κ3) is 3.91. The van der Waals surface area contributed by atoms with Crippen LogP contribution in [-0.4, -0.2) is 16.6 Å². The molecule has 3 nitrogen and oxygen atoms in total. The Kier molecular flexibility index (Phi) is 4.70. The van der Waals surface area contributed by atoms with Gasteiger partial charge in [-0.15, -0.1) is 11.3 Å². The van der Waals surface area contributed by atoms with Crippen molar-refractivity contribution in [1.82, 2.24) is 10.3 Å². The second-order valence-corrected chi connectivity index (χ2v) is 7.56. The summed E-state index contributed by atoms with van der Waals surface area (Å²) >= 11 is 14.4. The van der Waals surface area contributed by atoms with Gasteiger partial charge in [-0.05, 0) is 42.9 Å². The molecular formula is C14H12ClN3S3. The van der Waals surface area contributed by atoms with Gasteiger partial charge in [-0.3, -0.25) is 0 Å². The van der Waals surface area contributed by atoms with Gasteiger partial charge >= 0.3 is 0 Å². The molecule has 0 spiro atoms. The molecule has 0 aliphatic carbocycles. The van der Waals surface area contributed by atoms with E-state index in [1.54, 1.807) is 22.7 Å². The van der Waals surface area contributed by atoms with Crippen LogP contribution in [0.4, 0.5) is 5.13 Å². The van der Waals surface area contributed by atoms with Crippen molar-refractivity contribution in [2.75, 3.05) is 11.9 Å². The number of para-hydroxylation sites is 1. The SMILES string of the molecule is S=C(NCCc1ccc(Cl)s1)Nc1nc2ccccc2s1.